The molecule has 1 aromatic carbocycles. The predicted molar refractivity (Wildman–Crippen MR) is 143 cm³/mol. The van der Waals surface area contributed by atoms with Crippen LogP contribution in [-0.2, 0) is 19.8 Å². The number of amides is 2. The third kappa shape index (κ3) is 6.78. The van der Waals surface area contributed by atoms with Crippen molar-refractivity contribution in [1.29, 1.82) is 0 Å². The van der Waals surface area contributed by atoms with E-state index >= 15 is 0 Å². The molecular formula is C29H43FN4O4. The zero-order valence-corrected chi connectivity index (χ0v) is 22.8. The molecule has 9 heteroatoms. The van der Waals surface area contributed by atoms with Crippen molar-refractivity contribution in [3.63, 3.8) is 0 Å². The number of fused-ring (bicyclic) bond motifs is 1. The topological polar surface area (TPSA) is 83.1 Å². The van der Waals surface area contributed by atoms with Crippen LogP contribution in [0.5, 0.6) is 0 Å². The van der Waals surface area contributed by atoms with Gasteiger partial charge in [0.05, 0.1) is 26.3 Å². The van der Waals surface area contributed by atoms with Gasteiger partial charge < -0.3 is 25.1 Å². The third-order valence-corrected chi connectivity index (χ3v) is 8.63. The summed E-state index contributed by atoms with van der Waals surface area (Å²) in [6.07, 6.45) is 7.97. The van der Waals surface area contributed by atoms with Crippen LogP contribution in [0.25, 0.3) is 0 Å². The molecule has 3 fully saturated rings. The normalized spacial score (nSPS) is 23.4. The largest absolute Gasteiger partial charge is 0.426 e. The lowest BCUT2D eigenvalue weighted by Gasteiger charge is -2.31. The monoisotopic (exact) mass is 530 g/mol. The SMILES string of the molecule is CC1(C)CN(C[C@@H](NC(=O)[C@H](CC2CCCCC2)NC(=O)ON2CCOCC2)C2CC2)c2ccc(F)cc21. The molecule has 2 atom stereocenters. The average Bonchev–Trinajstić information content (AvgIpc) is 3.71. The second kappa shape index (κ2) is 11.8. The Bertz CT molecular complexity index is 989. The summed E-state index contributed by atoms with van der Waals surface area (Å²) < 4.78 is 19.3. The Morgan fingerprint density at radius 1 is 1.11 bits per heavy atom. The van der Waals surface area contributed by atoms with Crippen molar-refractivity contribution in [3.8, 4) is 0 Å². The lowest BCUT2D eigenvalue weighted by molar-refractivity contribution is -0.147. The van der Waals surface area contributed by atoms with Gasteiger partial charge in [-0.3, -0.25) is 4.79 Å². The molecule has 8 nitrogen and oxygen atoms in total. The maximum absolute atomic E-state index is 14.0. The highest BCUT2D eigenvalue weighted by Gasteiger charge is 2.40. The van der Waals surface area contributed by atoms with Crippen LogP contribution in [0.4, 0.5) is 14.9 Å². The van der Waals surface area contributed by atoms with Crippen LogP contribution >= 0.6 is 0 Å². The van der Waals surface area contributed by atoms with Crippen molar-refractivity contribution in [2.24, 2.45) is 11.8 Å². The lowest BCUT2D eigenvalue weighted by Crippen LogP contribution is -2.54. The van der Waals surface area contributed by atoms with E-state index in [1.807, 2.05) is 6.07 Å². The van der Waals surface area contributed by atoms with Crippen LogP contribution in [0.1, 0.15) is 70.8 Å². The Morgan fingerprint density at radius 2 is 1.84 bits per heavy atom. The molecule has 2 amide bonds. The maximum atomic E-state index is 14.0. The molecule has 210 valence electrons. The zero-order valence-electron chi connectivity index (χ0n) is 22.8. The first-order valence-electron chi connectivity index (χ1n) is 14.4. The van der Waals surface area contributed by atoms with Crippen molar-refractivity contribution < 1.29 is 23.6 Å². The van der Waals surface area contributed by atoms with Crippen LogP contribution in [0.15, 0.2) is 18.2 Å². The van der Waals surface area contributed by atoms with Crippen molar-refractivity contribution in [2.75, 3.05) is 44.3 Å². The Balaban J connectivity index is 1.25. The number of carbonyl (C=O) groups is 2. The molecule has 0 spiro atoms. The predicted octanol–water partition coefficient (Wildman–Crippen LogP) is 4.13. The summed E-state index contributed by atoms with van der Waals surface area (Å²) in [6, 6.07) is 4.36. The smallest absolute Gasteiger partial charge is 0.379 e. The molecule has 0 unspecified atom stereocenters. The van der Waals surface area contributed by atoms with Gasteiger partial charge in [0.2, 0.25) is 5.91 Å². The van der Waals surface area contributed by atoms with Crippen molar-refractivity contribution in [2.45, 2.75) is 82.7 Å². The number of hydrogen-bond donors (Lipinski definition) is 2. The van der Waals surface area contributed by atoms with Crippen molar-refractivity contribution in [1.82, 2.24) is 15.7 Å². The molecule has 2 saturated carbocycles. The summed E-state index contributed by atoms with van der Waals surface area (Å²) in [6.45, 7) is 7.81. The second-order valence-corrected chi connectivity index (χ2v) is 12.2. The molecule has 4 aliphatic rings. The average molecular weight is 531 g/mol. The fraction of sp³-hybridized carbons (Fsp3) is 0.724. The van der Waals surface area contributed by atoms with Gasteiger partial charge in [-0.2, -0.15) is 0 Å². The number of rotatable bonds is 9. The summed E-state index contributed by atoms with van der Waals surface area (Å²) in [5, 5.41) is 7.80. The van der Waals surface area contributed by atoms with Gasteiger partial charge in [0.15, 0.2) is 0 Å². The van der Waals surface area contributed by atoms with Gasteiger partial charge in [-0.15, -0.1) is 5.06 Å². The Kier molecular flexibility index (Phi) is 8.43. The summed E-state index contributed by atoms with van der Waals surface area (Å²) in [5.74, 6) is 0.487. The number of carbonyl (C=O) groups excluding carboxylic acids is 2. The Morgan fingerprint density at radius 3 is 2.55 bits per heavy atom. The molecule has 0 bridgehead atoms. The van der Waals surface area contributed by atoms with Crippen molar-refractivity contribution >= 4 is 17.7 Å². The van der Waals surface area contributed by atoms with Gasteiger partial charge >= 0.3 is 6.09 Å². The van der Waals surface area contributed by atoms with E-state index in [1.165, 1.54) is 25.3 Å². The van der Waals surface area contributed by atoms with E-state index in [0.29, 0.717) is 51.1 Å². The molecule has 0 aromatic heterocycles. The van der Waals surface area contributed by atoms with E-state index in [0.717, 1.165) is 43.5 Å². The van der Waals surface area contributed by atoms with Crippen LogP contribution < -0.4 is 15.5 Å². The Labute approximate surface area is 225 Å². The van der Waals surface area contributed by atoms with E-state index in [9.17, 15) is 14.0 Å². The third-order valence-electron chi connectivity index (χ3n) is 8.63. The molecular weight excluding hydrogens is 487 g/mol. The van der Waals surface area contributed by atoms with Crippen LogP contribution in [0.2, 0.25) is 0 Å². The number of morpholine rings is 1. The summed E-state index contributed by atoms with van der Waals surface area (Å²) >= 11 is 0. The van der Waals surface area contributed by atoms with Gasteiger partial charge in [0.1, 0.15) is 11.9 Å². The van der Waals surface area contributed by atoms with Crippen molar-refractivity contribution in [3.05, 3.63) is 29.6 Å². The molecule has 5 rings (SSSR count). The van der Waals surface area contributed by atoms with E-state index in [-0.39, 0.29) is 23.2 Å². The fourth-order valence-corrected chi connectivity index (χ4v) is 6.38. The Hall–Kier alpha value is -2.39. The number of halogens is 1. The number of benzene rings is 1. The number of hydrogen-bond acceptors (Lipinski definition) is 6. The van der Waals surface area contributed by atoms with Gasteiger partial charge in [-0.1, -0.05) is 46.0 Å². The van der Waals surface area contributed by atoms with Gasteiger partial charge in [-0.25, -0.2) is 9.18 Å². The van der Waals surface area contributed by atoms with Crippen LogP contribution in [-0.4, -0.2) is 68.5 Å². The molecule has 1 saturated heterocycles. The molecule has 2 aliphatic carbocycles. The number of hydroxylamine groups is 2. The number of nitrogens with zero attached hydrogens (tertiary/aromatic N) is 2. The highest BCUT2D eigenvalue weighted by Crippen LogP contribution is 2.42. The van der Waals surface area contributed by atoms with E-state index < -0.39 is 12.1 Å². The summed E-state index contributed by atoms with van der Waals surface area (Å²) in [4.78, 5) is 34.3. The highest BCUT2D eigenvalue weighted by molar-refractivity contribution is 5.86. The van der Waals surface area contributed by atoms with E-state index in [2.05, 4.69) is 29.4 Å². The first kappa shape index (κ1) is 27.2. The van der Waals surface area contributed by atoms with E-state index in [1.54, 1.807) is 11.1 Å². The lowest BCUT2D eigenvalue weighted by atomic mass is 9.84. The van der Waals surface area contributed by atoms with Crippen LogP contribution in [0, 0.1) is 17.7 Å². The summed E-state index contributed by atoms with van der Waals surface area (Å²) in [7, 11) is 0. The molecule has 2 N–H and O–H groups in total. The number of anilines is 1. The summed E-state index contributed by atoms with van der Waals surface area (Å²) in [5.41, 5.74) is 1.90. The molecule has 2 heterocycles. The first-order chi connectivity index (χ1) is 18.3. The standard InChI is InChI=1S/C29H43FN4O4/c1-29(2)19-33(26-11-10-22(30)17-23(26)29)18-25(21-8-9-21)31-27(35)24(16-20-6-4-3-5-7-20)32-28(36)38-34-12-14-37-15-13-34/h10-11,17,20-21,24-25H,3-9,12-16,18-19H2,1-2H3,(H,31,35)(H,32,36)/t24-,25+/m0/s1. The van der Waals surface area contributed by atoms with Gasteiger partial charge in [-0.05, 0) is 54.9 Å². The number of ether oxygens (including phenoxy) is 1. The van der Waals surface area contributed by atoms with E-state index in [4.69, 9.17) is 9.57 Å². The second-order valence-electron chi connectivity index (χ2n) is 12.2. The number of nitrogens with one attached hydrogen (secondary N) is 2. The maximum Gasteiger partial charge on any atom is 0.426 e. The first-order valence-corrected chi connectivity index (χ1v) is 14.4. The molecule has 0 radical (unpaired) electrons. The fourth-order valence-electron chi connectivity index (χ4n) is 6.38. The van der Waals surface area contributed by atoms with Gasteiger partial charge in [0, 0.05) is 30.2 Å². The molecule has 2 aliphatic heterocycles. The molecule has 38 heavy (non-hydrogen) atoms. The zero-order chi connectivity index (χ0) is 26.7. The minimum Gasteiger partial charge on any atom is -0.379 e. The minimum atomic E-state index is -0.635. The van der Waals surface area contributed by atoms with Gasteiger partial charge in [0.25, 0.3) is 0 Å². The highest BCUT2D eigenvalue weighted by atomic mass is 19.1. The minimum absolute atomic E-state index is 0.0276. The molecule has 1 aromatic rings. The van der Waals surface area contributed by atoms with Crippen LogP contribution in [0.3, 0.4) is 0 Å². The quantitative estimate of drug-likeness (QED) is 0.500.